The fraction of sp³-hybridized carbons (Fsp3) is 0.364. The number of para-hydroxylation sites is 1. The van der Waals surface area contributed by atoms with Crippen molar-refractivity contribution in [2.75, 3.05) is 19.6 Å². The lowest BCUT2D eigenvalue weighted by atomic mass is 9.99. The maximum absolute atomic E-state index is 12.9. The van der Waals surface area contributed by atoms with Crippen molar-refractivity contribution in [2.45, 2.75) is 31.8 Å². The van der Waals surface area contributed by atoms with Gasteiger partial charge in [0.1, 0.15) is 5.69 Å². The number of thiophene rings is 1. The molecule has 5 heteroatoms. The summed E-state index contributed by atoms with van der Waals surface area (Å²) in [6, 6.07) is 14.7. The highest BCUT2D eigenvalue weighted by atomic mass is 32.1. The lowest BCUT2D eigenvalue weighted by molar-refractivity contribution is 0.0595. The van der Waals surface area contributed by atoms with Gasteiger partial charge in [-0.05, 0) is 48.4 Å². The molecule has 0 bridgehead atoms. The van der Waals surface area contributed by atoms with E-state index in [1.54, 1.807) is 4.88 Å². The number of piperidine rings is 1. The zero-order valence-corrected chi connectivity index (χ0v) is 16.1. The van der Waals surface area contributed by atoms with Gasteiger partial charge < -0.3 is 4.90 Å². The summed E-state index contributed by atoms with van der Waals surface area (Å²) in [6.45, 7) is 3.87. The number of carbonyl (C=O) groups excluding carboxylic acids is 1. The number of hydrogen-bond acceptors (Lipinski definition) is 4. The number of nitrogens with zero attached hydrogens (tertiary/aromatic N) is 3. The van der Waals surface area contributed by atoms with Crippen molar-refractivity contribution in [3.63, 3.8) is 0 Å². The fourth-order valence-corrected chi connectivity index (χ4v) is 5.25. The topological polar surface area (TPSA) is 36.4 Å². The number of pyridine rings is 1. The van der Waals surface area contributed by atoms with Gasteiger partial charge in [0.25, 0.3) is 5.91 Å². The molecule has 0 atom stereocenters. The van der Waals surface area contributed by atoms with Crippen molar-refractivity contribution in [2.24, 2.45) is 0 Å². The van der Waals surface area contributed by atoms with Crippen LogP contribution in [0.5, 0.6) is 0 Å². The Morgan fingerprint density at radius 3 is 2.78 bits per heavy atom. The molecule has 27 heavy (non-hydrogen) atoms. The van der Waals surface area contributed by atoms with Gasteiger partial charge in [0.05, 0.1) is 5.52 Å². The highest BCUT2D eigenvalue weighted by Gasteiger charge is 2.30. The van der Waals surface area contributed by atoms with E-state index in [0.717, 1.165) is 49.9 Å². The quantitative estimate of drug-likeness (QED) is 0.678. The minimum atomic E-state index is 0.0676. The molecule has 0 saturated carbocycles. The summed E-state index contributed by atoms with van der Waals surface area (Å²) >= 11 is 1.89. The molecule has 2 aliphatic heterocycles. The average molecular weight is 378 g/mol. The first-order valence-electron chi connectivity index (χ1n) is 9.72. The van der Waals surface area contributed by atoms with Gasteiger partial charge in [-0.15, -0.1) is 11.3 Å². The monoisotopic (exact) mass is 377 g/mol. The first-order valence-corrected chi connectivity index (χ1v) is 10.6. The second-order valence-corrected chi connectivity index (χ2v) is 8.50. The van der Waals surface area contributed by atoms with Crippen LogP contribution in [-0.4, -0.2) is 46.4 Å². The molecule has 138 valence electrons. The van der Waals surface area contributed by atoms with Gasteiger partial charge in [-0.1, -0.05) is 24.3 Å². The highest BCUT2D eigenvalue weighted by Crippen LogP contribution is 2.28. The summed E-state index contributed by atoms with van der Waals surface area (Å²) in [6.07, 6.45) is 3.28. The molecule has 1 fully saturated rings. The lowest BCUT2D eigenvalue weighted by Gasteiger charge is -2.40. The maximum atomic E-state index is 12.9. The molecule has 0 aliphatic carbocycles. The molecule has 4 heterocycles. The lowest BCUT2D eigenvalue weighted by Crippen LogP contribution is -2.48. The van der Waals surface area contributed by atoms with Crippen LogP contribution in [0.25, 0.3) is 10.9 Å². The summed E-state index contributed by atoms with van der Waals surface area (Å²) < 4.78 is 0. The minimum Gasteiger partial charge on any atom is -0.337 e. The van der Waals surface area contributed by atoms with E-state index in [-0.39, 0.29) is 5.91 Å². The van der Waals surface area contributed by atoms with Crippen LogP contribution in [-0.2, 0) is 13.0 Å². The van der Waals surface area contributed by atoms with E-state index < -0.39 is 0 Å². The molecular formula is C22H23N3OS. The largest absolute Gasteiger partial charge is 0.337 e. The van der Waals surface area contributed by atoms with E-state index in [1.807, 2.05) is 52.6 Å². The van der Waals surface area contributed by atoms with Crippen LogP contribution in [0.4, 0.5) is 0 Å². The van der Waals surface area contributed by atoms with Crippen LogP contribution in [0, 0.1) is 0 Å². The third-order valence-corrected chi connectivity index (χ3v) is 6.95. The predicted molar refractivity (Wildman–Crippen MR) is 109 cm³/mol. The van der Waals surface area contributed by atoms with E-state index in [9.17, 15) is 4.79 Å². The molecule has 0 radical (unpaired) electrons. The summed E-state index contributed by atoms with van der Waals surface area (Å²) in [7, 11) is 0. The Balaban J connectivity index is 1.24. The summed E-state index contributed by atoms with van der Waals surface area (Å²) in [4.78, 5) is 23.6. The van der Waals surface area contributed by atoms with Crippen molar-refractivity contribution in [1.82, 2.24) is 14.8 Å². The van der Waals surface area contributed by atoms with Crippen molar-refractivity contribution < 1.29 is 4.79 Å². The van der Waals surface area contributed by atoms with E-state index >= 15 is 0 Å². The van der Waals surface area contributed by atoms with Gasteiger partial charge in [-0.25, -0.2) is 4.98 Å². The summed E-state index contributed by atoms with van der Waals surface area (Å²) in [5, 5.41) is 3.29. The molecule has 0 N–H and O–H groups in total. The Bertz CT molecular complexity index is 974. The smallest absolute Gasteiger partial charge is 0.272 e. The summed E-state index contributed by atoms with van der Waals surface area (Å²) in [5.41, 5.74) is 2.95. The Kier molecular flexibility index (Phi) is 4.42. The van der Waals surface area contributed by atoms with Crippen molar-refractivity contribution in [3.8, 4) is 0 Å². The van der Waals surface area contributed by atoms with E-state index in [2.05, 4.69) is 21.3 Å². The molecule has 1 amide bonds. The fourth-order valence-electron chi connectivity index (χ4n) is 4.36. The Hall–Kier alpha value is -2.24. The number of rotatable bonds is 2. The van der Waals surface area contributed by atoms with Gasteiger partial charge in [-0.3, -0.25) is 9.69 Å². The second-order valence-electron chi connectivity index (χ2n) is 7.50. The van der Waals surface area contributed by atoms with E-state index in [0.29, 0.717) is 11.7 Å². The number of amides is 1. The Morgan fingerprint density at radius 1 is 1.04 bits per heavy atom. The minimum absolute atomic E-state index is 0.0676. The standard InChI is InChI=1S/C22H23N3OS/c26-22(20-6-5-16-3-1-2-4-19(16)23-20)24-11-7-18(8-12-24)25-13-9-21-17(15-25)10-14-27-21/h1-6,10,14,18H,7-9,11-13,15H2. The van der Waals surface area contributed by atoms with Crippen LogP contribution in [0.3, 0.4) is 0 Å². The van der Waals surface area contributed by atoms with Crippen molar-refractivity contribution in [3.05, 3.63) is 64.0 Å². The number of fused-ring (bicyclic) bond motifs is 2. The number of likely N-dealkylation sites (tertiary alicyclic amines) is 1. The highest BCUT2D eigenvalue weighted by molar-refractivity contribution is 7.10. The SMILES string of the molecule is O=C(c1ccc2ccccc2n1)N1CCC(N2CCc3sccc3C2)CC1. The summed E-state index contributed by atoms with van der Waals surface area (Å²) in [5.74, 6) is 0.0676. The normalized spacial score (nSPS) is 18.6. The third kappa shape index (κ3) is 3.26. The number of benzene rings is 1. The predicted octanol–water partition coefficient (Wildman–Crippen LogP) is 3.96. The first-order chi connectivity index (χ1) is 13.3. The van der Waals surface area contributed by atoms with Crippen molar-refractivity contribution >= 4 is 28.1 Å². The molecule has 0 unspecified atom stereocenters. The zero-order valence-electron chi connectivity index (χ0n) is 15.3. The molecule has 1 saturated heterocycles. The zero-order chi connectivity index (χ0) is 18.2. The Labute approximate surface area is 163 Å². The molecule has 2 aromatic heterocycles. The molecule has 2 aliphatic rings. The van der Waals surface area contributed by atoms with E-state index in [4.69, 9.17) is 0 Å². The van der Waals surface area contributed by atoms with Gasteiger partial charge in [0.2, 0.25) is 0 Å². The van der Waals surface area contributed by atoms with Crippen LogP contribution < -0.4 is 0 Å². The van der Waals surface area contributed by atoms with Gasteiger partial charge >= 0.3 is 0 Å². The van der Waals surface area contributed by atoms with Crippen LogP contribution >= 0.6 is 11.3 Å². The average Bonchev–Trinajstić information content (AvgIpc) is 3.21. The molecule has 3 aromatic rings. The molecule has 1 aromatic carbocycles. The van der Waals surface area contributed by atoms with Gasteiger partial charge in [0, 0.05) is 42.5 Å². The maximum Gasteiger partial charge on any atom is 0.272 e. The number of carbonyl (C=O) groups is 1. The van der Waals surface area contributed by atoms with Crippen molar-refractivity contribution in [1.29, 1.82) is 0 Å². The van der Waals surface area contributed by atoms with Crippen LogP contribution in [0.1, 0.15) is 33.8 Å². The number of hydrogen-bond donors (Lipinski definition) is 0. The second kappa shape index (κ2) is 7.06. The van der Waals surface area contributed by atoms with Crippen LogP contribution in [0.2, 0.25) is 0 Å². The van der Waals surface area contributed by atoms with Gasteiger partial charge in [0.15, 0.2) is 0 Å². The van der Waals surface area contributed by atoms with E-state index in [1.165, 1.54) is 12.0 Å². The third-order valence-electron chi connectivity index (χ3n) is 5.92. The molecule has 4 nitrogen and oxygen atoms in total. The molecular weight excluding hydrogens is 354 g/mol. The van der Waals surface area contributed by atoms with Gasteiger partial charge in [-0.2, -0.15) is 0 Å². The molecule has 0 spiro atoms. The Morgan fingerprint density at radius 2 is 1.89 bits per heavy atom. The first kappa shape index (κ1) is 16.9. The van der Waals surface area contributed by atoms with Crippen LogP contribution in [0.15, 0.2) is 47.8 Å². The number of aromatic nitrogens is 1. The molecule has 5 rings (SSSR count).